The topological polar surface area (TPSA) is 109 Å². The van der Waals surface area contributed by atoms with Crippen LogP contribution in [-0.2, 0) is 21.4 Å². The first-order valence-electron chi connectivity index (χ1n) is 14.8. The molecule has 3 aliphatic heterocycles. The van der Waals surface area contributed by atoms with Crippen LogP contribution in [0.5, 0.6) is 0 Å². The van der Waals surface area contributed by atoms with Crippen LogP contribution < -0.4 is 5.32 Å². The number of fused-ring (bicyclic) bond motifs is 3. The monoisotopic (exact) mass is 551 g/mol. The van der Waals surface area contributed by atoms with E-state index >= 15 is 0 Å². The molecule has 3 atom stereocenters. The van der Waals surface area contributed by atoms with Crippen molar-refractivity contribution in [1.82, 2.24) is 14.8 Å². The van der Waals surface area contributed by atoms with Gasteiger partial charge >= 0.3 is 0 Å². The highest BCUT2D eigenvalue weighted by Crippen LogP contribution is 2.47. The first-order valence-corrected chi connectivity index (χ1v) is 14.8. The Morgan fingerprint density at radius 2 is 1.95 bits per heavy atom. The van der Waals surface area contributed by atoms with Gasteiger partial charge in [-0.1, -0.05) is 44.5 Å². The molecule has 3 amide bonds. The van der Waals surface area contributed by atoms with Crippen molar-refractivity contribution in [2.45, 2.75) is 76.8 Å². The van der Waals surface area contributed by atoms with E-state index in [1.54, 1.807) is 9.80 Å². The maximum absolute atomic E-state index is 14.5. The number of H-pyrrole nitrogens is 1. The first kappa shape index (κ1) is 27.1. The second-order valence-corrected chi connectivity index (χ2v) is 12.5. The van der Waals surface area contributed by atoms with Crippen LogP contribution in [0.4, 0.5) is 5.69 Å². The number of aryl methyl sites for hydroxylation is 2. The van der Waals surface area contributed by atoms with Crippen LogP contribution in [0.3, 0.4) is 0 Å². The molecule has 2 aromatic carbocycles. The average Bonchev–Trinajstić information content (AvgIpc) is 3.62. The number of hydrogen-bond donors (Lipinski definition) is 2. The summed E-state index contributed by atoms with van der Waals surface area (Å²) in [5, 5.41) is 14.2. The van der Waals surface area contributed by atoms with Crippen molar-refractivity contribution in [3.05, 3.63) is 64.8 Å². The van der Waals surface area contributed by atoms with Gasteiger partial charge < -0.3 is 20.1 Å². The molecule has 3 aliphatic rings. The Morgan fingerprint density at radius 1 is 1.12 bits per heavy atom. The molecule has 0 aliphatic carbocycles. The molecular weight excluding hydrogens is 514 g/mol. The second kappa shape index (κ2) is 10.4. The van der Waals surface area contributed by atoms with Crippen molar-refractivity contribution >= 4 is 34.3 Å². The molecule has 2 N–H and O–H groups in total. The van der Waals surface area contributed by atoms with Gasteiger partial charge in [0.25, 0.3) is 5.91 Å². The highest BCUT2D eigenvalue weighted by Gasteiger charge is 2.57. The molecule has 4 heterocycles. The number of carbonyl (C=O) groups is 3. The van der Waals surface area contributed by atoms with Crippen molar-refractivity contribution in [2.75, 3.05) is 18.4 Å². The van der Waals surface area contributed by atoms with Crippen molar-refractivity contribution in [3.63, 3.8) is 0 Å². The number of anilines is 1. The summed E-state index contributed by atoms with van der Waals surface area (Å²) in [5.74, 6) is -0.483. The smallest absolute Gasteiger partial charge is 0.270 e. The number of aromatic amines is 1. The highest BCUT2D eigenvalue weighted by atomic mass is 16.2. The minimum absolute atomic E-state index is 0.134. The van der Waals surface area contributed by atoms with E-state index in [0.29, 0.717) is 18.7 Å². The number of nitriles is 1. The molecule has 0 unspecified atom stereocenters. The van der Waals surface area contributed by atoms with E-state index in [-0.39, 0.29) is 36.6 Å². The SMILES string of the molecule is Cc1ccc2cc(C(=O)N3CCCCCc4ccc5c(c4)[C@@]4(C[C@@H](C#N)N(C4)C(=O)[C@@H]3CC(C)C)C(=O)N5)[nH]c2c1. The van der Waals surface area contributed by atoms with Crippen molar-refractivity contribution in [2.24, 2.45) is 5.92 Å². The normalized spacial score (nSPS) is 24.5. The summed E-state index contributed by atoms with van der Waals surface area (Å²) in [4.78, 5) is 48.8. The van der Waals surface area contributed by atoms with Gasteiger partial charge in [0, 0.05) is 36.1 Å². The quantitative estimate of drug-likeness (QED) is 0.473. The Kier molecular flexibility index (Phi) is 6.85. The molecule has 1 saturated heterocycles. The highest BCUT2D eigenvalue weighted by molar-refractivity contribution is 6.07. The van der Waals surface area contributed by atoms with Gasteiger partial charge in [0.1, 0.15) is 17.8 Å². The minimum atomic E-state index is -0.961. The maximum atomic E-state index is 14.5. The summed E-state index contributed by atoms with van der Waals surface area (Å²) in [6, 6.07) is 14.8. The predicted octanol–water partition coefficient (Wildman–Crippen LogP) is 5.07. The number of rotatable bonds is 3. The molecule has 1 fully saturated rings. The fourth-order valence-electron chi connectivity index (χ4n) is 6.93. The molecule has 41 heavy (non-hydrogen) atoms. The van der Waals surface area contributed by atoms with Gasteiger partial charge in [0.2, 0.25) is 11.8 Å². The Hall–Kier alpha value is -4.12. The van der Waals surface area contributed by atoms with Crippen molar-refractivity contribution in [1.29, 1.82) is 5.26 Å². The maximum Gasteiger partial charge on any atom is 0.270 e. The molecule has 4 bridgehead atoms. The zero-order valence-corrected chi connectivity index (χ0v) is 24.0. The zero-order valence-electron chi connectivity index (χ0n) is 24.0. The molecule has 3 aromatic rings. The standard InChI is InChI=1S/C33H37N5O3/c1-20(2)13-29-31(40)38-19-33(17-24(38)18-34)25-15-22(9-11-26(25)36-32(33)41)7-5-4-6-12-37(29)30(39)28-16-23-10-8-21(3)14-27(23)35-28/h8-11,14-16,20,24,29,35H,4-7,12-13,17,19H2,1-3H3,(H,36,41)/t24-,29-,33-/m0/s1. The molecule has 1 aromatic heterocycles. The van der Waals surface area contributed by atoms with Crippen LogP contribution in [0.15, 0.2) is 42.5 Å². The van der Waals surface area contributed by atoms with E-state index in [2.05, 4.69) is 28.5 Å². The van der Waals surface area contributed by atoms with Gasteiger partial charge in [-0.2, -0.15) is 5.26 Å². The summed E-state index contributed by atoms with van der Waals surface area (Å²) in [7, 11) is 0. The zero-order chi connectivity index (χ0) is 28.9. The molecule has 8 nitrogen and oxygen atoms in total. The lowest BCUT2D eigenvalue weighted by atomic mass is 9.79. The largest absolute Gasteiger partial charge is 0.351 e. The van der Waals surface area contributed by atoms with Crippen LogP contribution in [0.2, 0.25) is 0 Å². The lowest BCUT2D eigenvalue weighted by Crippen LogP contribution is -2.53. The third-order valence-electron chi connectivity index (χ3n) is 9.06. The summed E-state index contributed by atoms with van der Waals surface area (Å²) in [6.07, 6.45) is 4.20. The number of nitrogens with zero attached hydrogens (tertiary/aromatic N) is 3. The van der Waals surface area contributed by atoms with Crippen LogP contribution in [-0.4, -0.2) is 57.7 Å². The molecule has 212 valence electrons. The van der Waals surface area contributed by atoms with Gasteiger partial charge in [-0.05, 0) is 73.4 Å². The van der Waals surface area contributed by atoms with Crippen molar-refractivity contribution in [3.8, 4) is 6.07 Å². The number of amides is 3. The number of nitrogens with one attached hydrogen (secondary N) is 2. The van der Waals surface area contributed by atoms with E-state index in [0.717, 1.165) is 59.0 Å². The summed E-state index contributed by atoms with van der Waals surface area (Å²) in [5.41, 5.74) is 4.27. The van der Waals surface area contributed by atoms with Crippen LogP contribution >= 0.6 is 0 Å². The Labute approximate surface area is 240 Å². The van der Waals surface area contributed by atoms with E-state index in [4.69, 9.17) is 0 Å². The van der Waals surface area contributed by atoms with E-state index in [1.165, 1.54) is 0 Å². The number of aromatic nitrogens is 1. The van der Waals surface area contributed by atoms with Crippen LogP contribution in [0.25, 0.3) is 10.9 Å². The molecule has 0 saturated carbocycles. The predicted molar refractivity (Wildman–Crippen MR) is 157 cm³/mol. The number of benzene rings is 2. The summed E-state index contributed by atoms with van der Waals surface area (Å²) in [6.45, 7) is 6.68. The van der Waals surface area contributed by atoms with Crippen molar-refractivity contribution < 1.29 is 14.4 Å². The fourth-order valence-corrected chi connectivity index (χ4v) is 6.93. The number of carbonyl (C=O) groups excluding carboxylic acids is 3. The summed E-state index contributed by atoms with van der Waals surface area (Å²) < 4.78 is 0. The van der Waals surface area contributed by atoms with E-state index in [1.807, 2.05) is 51.1 Å². The fraction of sp³-hybridized carbons (Fsp3) is 0.455. The molecule has 0 radical (unpaired) electrons. The van der Waals surface area contributed by atoms with Gasteiger partial charge in [-0.15, -0.1) is 0 Å². The van der Waals surface area contributed by atoms with Gasteiger partial charge in [0.05, 0.1) is 11.5 Å². The van der Waals surface area contributed by atoms with E-state index < -0.39 is 17.5 Å². The molecule has 6 rings (SSSR count). The Morgan fingerprint density at radius 3 is 2.73 bits per heavy atom. The second-order valence-electron chi connectivity index (χ2n) is 12.5. The van der Waals surface area contributed by atoms with Crippen LogP contribution in [0, 0.1) is 24.2 Å². The van der Waals surface area contributed by atoms with Crippen LogP contribution in [0.1, 0.15) is 73.1 Å². The molecule has 8 heteroatoms. The number of hydrogen-bond acceptors (Lipinski definition) is 4. The average molecular weight is 552 g/mol. The Bertz CT molecular complexity index is 1580. The summed E-state index contributed by atoms with van der Waals surface area (Å²) >= 11 is 0. The lowest BCUT2D eigenvalue weighted by molar-refractivity contribution is -0.137. The van der Waals surface area contributed by atoms with E-state index in [9.17, 15) is 19.6 Å². The first-order chi connectivity index (χ1) is 19.7. The minimum Gasteiger partial charge on any atom is -0.351 e. The lowest BCUT2D eigenvalue weighted by Gasteiger charge is -2.35. The third-order valence-corrected chi connectivity index (χ3v) is 9.06. The van der Waals surface area contributed by atoms with Gasteiger partial charge in [-0.3, -0.25) is 14.4 Å². The molecule has 1 spiro atoms. The van der Waals surface area contributed by atoms with Gasteiger partial charge in [-0.25, -0.2) is 0 Å². The Balaban J connectivity index is 1.42. The van der Waals surface area contributed by atoms with Gasteiger partial charge in [0.15, 0.2) is 0 Å². The molecular formula is C33H37N5O3. The third kappa shape index (κ3) is 4.67.